The van der Waals surface area contributed by atoms with Crippen molar-refractivity contribution >= 4 is 27.5 Å². The molecule has 7 nitrogen and oxygen atoms in total. The van der Waals surface area contributed by atoms with Crippen LogP contribution in [0.2, 0.25) is 0 Å². The van der Waals surface area contributed by atoms with Crippen molar-refractivity contribution in [1.29, 1.82) is 0 Å². The summed E-state index contributed by atoms with van der Waals surface area (Å²) >= 11 is 1.27. The van der Waals surface area contributed by atoms with Gasteiger partial charge in [0, 0.05) is 6.54 Å². The number of nitrogens with zero attached hydrogens (tertiary/aromatic N) is 2. The minimum absolute atomic E-state index is 0.0963. The number of carbonyl (C=O) groups is 1. The number of piperidine rings is 1. The number of hydrogen-bond acceptors (Lipinski definition) is 7. The zero-order chi connectivity index (χ0) is 20.2. The Morgan fingerprint density at radius 3 is 2.69 bits per heavy atom. The number of benzene rings is 1. The van der Waals surface area contributed by atoms with E-state index >= 15 is 0 Å². The van der Waals surface area contributed by atoms with Gasteiger partial charge in [-0.05, 0) is 50.2 Å². The lowest BCUT2D eigenvalue weighted by atomic mass is 10.1. The lowest BCUT2D eigenvalue weighted by Gasteiger charge is -2.33. The molecule has 3 aromatic rings. The van der Waals surface area contributed by atoms with Gasteiger partial charge in [-0.3, -0.25) is 9.69 Å². The van der Waals surface area contributed by atoms with Gasteiger partial charge in [0.25, 0.3) is 5.91 Å². The molecule has 1 aliphatic heterocycles. The molecule has 0 aliphatic carbocycles. The largest absolute Gasteiger partial charge is 0.468 e. The summed E-state index contributed by atoms with van der Waals surface area (Å²) in [5.74, 6) is 0.165. The van der Waals surface area contributed by atoms with Crippen LogP contribution >= 0.6 is 11.3 Å². The predicted octanol–water partition coefficient (Wildman–Crippen LogP) is 2.63. The number of aromatic nitrogens is 1. The van der Waals surface area contributed by atoms with Crippen LogP contribution in [0, 0.1) is 0 Å². The number of furan rings is 1. The molecule has 1 saturated heterocycles. The Kier molecular flexibility index (Phi) is 6.25. The molecule has 0 saturated carbocycles. The van der Waals surface area contributed by atoms with E-state index in [0.717, 1.165) is 41.9 Å². The molecule has 1 aliphatic rings. The smallest absolute Gasteiger partial charge is 0.252 e. The molecule has 1 aromatic carbocycles. The van der Waals surface area contributed by atoms with E-state index in [0.29, 0.717) is 11.6 Å². The van der Waals surface area contributed by atoms with Crippen molar-refractivity contribution in [3.05, 3.63) is 53.4 Å². The fourth-order valence-corrected chi connectivity index (χ4v) is 4.70. The molecule has 154 valence electrons. The molecule has 3 heterocycles. The van der Waals surface area contributed by atoms with Crippen molar-refractivity contribution < 1.29 is 19.4 Å². The molecule has 3 unspecified atom stereocenters. The van der Waals surface area contributed by atoms with E-state index in [2.05, 4.69) is 15.2 Å². The van der Waals surface area contributed by atoms with E-state index in [1.807, 2.05) is 36.4 Å². The van der Waals surface area contributed by atoms with Gasteiger partial charge in [0.2, 0.25) is 0 Å². The number of fused-ring (bicyclic) bond motifs is 1. The third-order valence-corrected chi connectivity index (χ3v) is 6.41. The maximum Gasteiger partial charge on any atom is 0.252 e. The normalized spacial score (nSPS) is 18.4. The van der Waals surface area contributed by atoms with Crippen LogP contribution in [0.5, 0.6) is 0 Å². The maximum absolute atomic E-state index is 12.5. The third kappa shape index (κ3) is 4.51. The van der Waals surface area contributed by atoms with Crippen LogP contribution in [0.4, 0.5) is 0 Å². The molecule has 0 bridgehead atoms. The van der Waals surface area contributed by atoms with Crippen molar-refractivity contribution in [3.8, 4) is 0 Å². The third-order valence-electron chi connectivity index (χ3n) is 5.30. The van der Waals surface area contributed by atoms with Crippen molar-refractivity contribution in [3.63, 3.8) is 0 Å². The topological polar surface area (TPSA) is 98.8 Å². The molecular weight excluding hydrogens is 390 g/mol. The summed E-state index contributed by atoms with van der Waals surface area (Å²) in [6, 6.07) is 11.1. The number of rotatable bonds is 7. The summed E-state index contributed by atoms with van der Waals surface area (Å²) < 4.78 is 6.48. The van der Waals surface area contributed by atoms with Gasteiger partial charge in [-0.15, -0.1) is 11.3 Å². The van der Waals surface area contributed by atoms with E-state index in [1.54, 1.807) is 6.26 Å². The standard InChI is InChI=1S/C21H25N3O4S/c25-18(19(26)21-23-14-7-2-3-9-17(14)29-21)20(27)22-13-15(16-8-6-12-28-16)24-10-4-1-5-11-24/h2-3,6-9,12,15,18-19,25-26H,1,4-5,10-11,13H2,(H,22,27). The van der Waals surface area contributed by atoms with Crippen LogP contribution in [-0.2, 0) is 4.79 Å². The second-order valence-electron chi connectivity index (χ2n) is 7.28. The Morgan fingerprint density at radius 2 is 1.97 bits per heavy atom. The van der Waals surface area contributed by atoms with Crippen LogP contribution in [-0.4, -0.2) is 51.7 Å². The molecule has 1 amide bonds. The first-order chi connectivity index (χ1) is 14.1. The van der Waals surface area contributed by atoms with Gasteiger partial charge in [-0.1, -0.05) is 18.6 Å². The Bertz CT molecular complexity index is 903. The Balaban J connectivity index is 1.41. The summed E-state index contributed by atoms with van der Waals surface area (Å²) in [6.45, 7) is 2.19. The quantitative estimate of drug-likeness (QED) is 0.549. The van der Waals surface area contributed by atoms with Gasteiger partial charge in [0.15, 0.2) is 6.10 Å². The lowest BCUT2D eigenvalue weighted by molar-refractivity contribution is -0.135. The summed E-state index contributed by atoms with van der Waals surface area (Å²) in [5, 5.41) is 24.0. The zero-order valence-electron chi connectivity index (χ0n) is 16.0. The summed E-state index contributed by atoms with van der Waals surface area (Å²) in [6.07, 6.45) is 2.10. The lowest BCUT2D eigenvalue weighted by Crippen LogP contribution is -2.44. The highest BCUT2D eigenvalue weighted by molar-refractivity contribution is 7.18. The molecule has 4 rings (SSSR count). The van der Waals surface area contributed by atoms with Crippen LogP contribution in [0.25, 0.3) is 10.2 Å². The second-order valence-corrected chi connectivity index (χ2v) is 8.34. The van der Waals surface area contributed by atoms with Crippen LogP contribution in [0.1, 0.15) is 42.2 Å². The van der Waals surface area contributed by atoms with Gasteiger partial charge >= 0.3 is 0 Å². The van der Waals surface area contributed by atoms with Crippen molar-refractivity contribution in [1.82, 2.24) is 15.2 Å². The highest BCUT2D eigenvalue weighted by Crippen LogP contribution is 2.28. The van der Waals surface area contributed by atoms with Crippen LogP contribution in [0.15, 0.2) is 47.1 Å². The summed E-state index contributed by atoms with van der Waals surface area (Å²) in [7, 11) is 0. The number of thiazole rings is 1. The number of likely N-dealkylation sites (tertiary alicyclic amines) is 1. The summed E-state index contributed by atoms with van der Waals surface area (Å²) in [5.41, 5.74) is 0.738. The monoisotopic (exact) mass is 415 g/mol. The number of carbonyl (C=O) groups excluding carboxylic acids is 1. The maximum atomic E-state index is 12.5. The molecule has 2 aromatic heterocycles. The average Bonchev–Trinajstić information content (AvgIpc) is 3.43. The van der Waals surface area contributed by atoms with Gasteiger partial charge in [-0.2, -0.15) is 0 Å². The Hall–Kier alpha value is -2.26. The van der Waals surface area contributed by atoms with Crippen molar-refractivity contribution in [2.75, 3.05) is 19.6 Å². The number of amides is 1. The number of hydrogen-bond donors (Lipinski definition) is 3. The number of aliphatic hydroxyl groups is 2. The fourth-order valence-electron chi connectivity index (χ4n) is 3.72. The summed E-state index contributed by atoms with van der Waals surface area (Å²) in [4.78, 5) is 19.2. The first-order valence-electron chi connectivity index (χ1n) is 9.90. The van der Waals surface area contributed by atoms with Gasteiger partial charge in [-0.25, -0.2) is 4.98 Å². The molecule has 29 heavy (non-hydrogen) atoms. The van der Waals surface area contributed by atoms with E-state index in [-0.39, 0.29) is 6.04 Å². The minimum Gasteiger partial charge on any atom is -0.468 e. The molecule has 0 radical (unpaired) electrons. The highest BCUT2D eigenvalue weighted by Gasteiger charge is 2.30. The molecule has 8 heteroatoms. The van der Waals surface area contributed by atoms with Crippen molar-refractivity contribution in [2.45, 2.75) is 37.5 Å². The molecule has 1 fully saturated rings. The molecule has 3 atom stereocenters. The first kappa shape index (κ1) is 20.0. The number of nitrogens with one attached hydrogen (secondary N) is 1. The Labute approximate surface area is 173 Å². The first-order valence-corrected chi connectivity index (χ1v) is 10.7. The SMILES string of the molecule is O=C(NCC(c1ccco1)N1CCCCC1)C(O)C(O)c1nc2ccccc2s1. The van der Waals surface area contributed by atoms with E-state index in [1.165, 1.54) is 17.8 Å². The number of aliphatic hydroxyl groups excluding tert-OH is 2. The average molecular weight is 416 g/mol. The van der Waals surface area contributed by atoms with Crippen molar-refractivity contribution in [2.24, 2.45) is 0 Å². The zero-order valence-corrected chi connectivity index (χ0v) is 16.8. The molecular formula is C21H25N3O4S. The predicted molar refractivity (Wildman–Crippen MR) is 110 cm³/mol. The van der Waals surface area contributed by atoms with Gasteiger partial charge < -0.3 is 19.9 Å². The highest BCUT2D eigenvalue weighted by atomic mass is 32.1. The minimum atomic E-state index is -1.59. The molecule has 0 spiro atoms. The second kappa shape index (κ2) is 9.04. The number of para-hydroxylation sites is 1. The van der Waals surface area contributed by atoms with Gasteiger partial charge in [0.1, 0.15) is 16.9 Å². The van der Waals surface area contributed by atoms with E-state index < -0.39 is 18.1 Å². The van der Waals surface area contributed by atoms with Crippen LogP contribution < -0.4 is 5.32 Å². The van der Waals surface area contributed by atoms with Crippen LogP contribution in [0.3, 0.4) is 0 Å². The fraction of sp³-hybridized carbons (Fsp3) is 0.429. The Morgan fingerprint density at radius 1 is 1.17 bits per heavy atom. The molecule has 3 N–H and O–H groups in total. The van der Waals surface area contributed by atoms with Gasteiger partial charge in [0.05, 0.1) is 22.5 Å². The van der Waals surface area contributed by atoms with E-state index in [9.17, 15) is 15.0 Å². The van der Waals surface area contributed by atoms with E-state index in [4.69, 9.17) is 4.42 Å².